The predicted octanol–water partition coefficient (Wildman–Crippen LogP) is 2.03. The molecule has 0 fully saturated rings. The Bertz CT molecular complexity index is 801. The van der Waals surface area contributed by atoms with Gasteiger partial charge in [0, 0.05) is 0 Å². The number of hydrogen-bond donors (Lipinski definition) is 2. The summed E-state index contributed by atoms with van der Waals surface area (Å²) < 4.78 is 10.3. The van der Waals surface area contributed by atoms with Crippen molar-refractivity contribution >= 4 is 11.9 Å². The molecule has 7 nitrogen and oxygen atoms in total. The van der Waals surface area contributed by atoms with E-state index in [0.29, 0.717) is 0 Å². The van der Waals surface area contributed by atoms with Gasteiger partial charge in [-0.25, -0.2) is 9.59 Å². The fraction of sp³-hybridized carbons (Fsp3) is 0.235. The topological polar surface area (TPSA) is 123 Å². The Kier molecular flexibility index (Phi) is 4.90. The zero-order valence-corrected chi connectivity index (χ0v) is 13.2. The minimum atomic E-state index is -1.17. The van der Waals surface area contributed by atoms with Crippen LogP contribution in [0.2, 0.25) is 0 Å². The normalized spacial score (nSPS) is 17.1. The minimum Gasteiger partial charge on any atom is -0.478 e. The van der Waals surface area contributed by atoms with Crippen LogP contribution in [-0.2, 0) is 14.3 Å². The van der Waals surface area contributed by atoms with Gasteiger partial charge in [0.2, 0.25) is 5.88 Å². The van der Waals surface area contributed by atoms with Crippen LogP contribution in [0.3, 0.4) is 0 Å². The number of nitrogens with zero attached hydrogens (tertiary/aromatic N) is 1. The van der Waals surface area contributed by atoms with Gasteiger partial charge in [0.1, 0.15) is 17.4 Å². The number of nitriles is 1. The van der Waals surface area contributed by atoms with Gasteiger partial charge in [0.25, 0.3) is 0 Å². The van der Waals surface area contributed by atoms with E-state index in [1.165, 1.54) is 19.1 Å². The summed E-state index contributed by atoms with van der Waals surface area (Å²) in [5.41, 5.74) is 6.05. The molecule has 1 heterocycles. The number of esters is 1. The third-order valence-electron chi connectivity index (χ3n) is 3.60. The molecule has 0 bridgehead atoms. The fourth-order valence-corrected chi connectivity index (χ4v) is 2.61. The number of carbonyl (C=O) groups is 2. The lowest BCUT2D eigenvalue weighted by atomic mass is 9.81. The first-order valence-electron chi connectivity index (χ1n) is 7.20. The van der Waals surface area contributed by atoms with Crippen molar-refractivity contribution < 1.29 is 24.2 Å². The summed E-state index contributed by atoms with van der Waals surface area (Å²) in [4.78, 5) is 23.9. The number of ether oxygens (including phenoxy) is 2. The summed E-state index contributed by atoms with van der Waals surface area (Å²) in [5, 5.41) is 18.9. The Hall–Kier alpha value is -3.27. The number of carbonyl (C=O) groups excluding carboxylic acids is 1. The zero-order chi connectivity index (χ0) is 17.9. The van der Waals surface area contributed by atoms with Crippen molar-refractivity contribution in [3.8, 4) is 6.07 Å². The van der Waals surface area contributed by atoms with Gasteiger partial charge in [-0.1, -0.05) is 18.2 Å². The average molecular weight is 328 g/mol. The number of carboxylic acid groups (broad SMARTS) is 1. The van der Waals surface area contributed by atoms with Crippen LogP contribution in [0.25, 0.3) is 0 Å². The van der Waals surface area contributed by atoms with Gasteiger partial charge in [-0.2, -0.15) is 5.26 Å². The number of rotatable bonds is 4. The Morgan fingerprint density at radius 3 is 2.67 bits per heavy atom. The number of benzene rings is 1. The molecule has 124 valence electrons. The molecule has 0 aliphatic carbocycles. The van der Waals surface area contributed by atoms with Crippen LogP contribution in [0.15, 0.2) is 47.1 Å². The van der Waals surface area contributed by atoms with Gasteiger partial charge in [0.15, 0.2) is 0 Å². The number of nitrogens with two attached hydrogens (primary N) is 1. The lowest BCUT2D eigenvalue weighted by Gasteiger charge is -2.27. The van der Waals surface area contributed by atoms with Crippen molar-refractivity contribution in [1.29, 1.82) is 5.26 Å². The molecule has 0 aromatic heterocycles. The molecule has 1 aromatic carbocycles. The molecular formula is C17H16N2O5. The first kappa shape index (κ1) is 17.1. The standard InChI is InChI=1S/C17H16N2O5/c1-3-23-17(22)13-9(2)24-15(19)12(8-18)14(13)10-6-4-5-7-11(10)16(20)21/h4-7,14H,3,19H2,1-2H3,(H,20,21). The monoisotopic (exact) mass is 328 g/mol. The van der Waals surface area contributed by atoms with E-state index in [4.69, 9.17) is 15.2 Å². The molecule has 0 saturated heterocycles. The largest absolute Gasteiger partial charge is 0.478 e. The molecule has 0 radical (unpaired) electrons. The van der Waals surface area contributed by atoms with Crippen molar-refractivity contribution in [2.45, 2.75) is 19.8 Å². The predicted molar refractivity (Wildman–Crippen MR) is 83.4 cm³/mol. The Balaban J connectivity index is 2.73. The number of hydrogen-bond acceptors (Lipinski definition) is 6. The third-order valence-corrected chi connectivity index (χ3v) is 3.60. The Morgan fingerprint density at radius 2 is 2.08 bits per heavy atom. The fourth-order valence-electron chi connectivity index (χ4n) is 2.61. The van der Waals surface area contributed by atoms with Crippen molar-refractivity contribution in [3.05, 3.63) is 58.2 Å². The molecular weight excluding hydrogens is 312 g/mol. The molecule has 1 aliphatic heterocycles. The minimum absolute atomic E-state index is 0.0282. The Labute approximate surface area is 138 Å². The van der Waals surface area contributed by atoms with Crippen LogP contribution in [0, 0.1) is 11.3 Å². The summed E-state index contributed by atoms with van der Waals surface area (Å²) in [6.45, 7) is 3.29. The molecule has 2 rings (SSSR count). The molecule has 1 aliphatic rings. The highest BCUT2D eigenvalue weighted by Gasteiger charge is 2.38. The highest BCUT2D eigenvalue weighted by atomic mass is 16.5. The number of carboxylic acids is 1. The molecule has 3 N–H and O–H groups in total. The van der Waals surface area contributed by atoms with Crippen LogP contribution in [0.5, 0.6) is 0 Å². The molecule has 7 heteroatoms. The molecule has 1 unspecified atom stereocenters. The zero-order valence-electron chi connectivity index (χ0n) is 13.2. The maximum Gasteiger partial charge on any atom is 0.338 e. The van der Waals surface area contributed by atoms with E-state index in [1.807, 2.05) is 6.07 Å². The second-order valence-corrected chi connectivity index (χ2v) is 5.01. The van der Waals surface area contributed by atoms with Crippen LogP contribution >= 0.6 is 0 Å². The van der Waals surface area contributed by atoms with Crippen LogP contribution in [0.4, 0.5) is 0 Å². The highest BCUT2D eigenvalue weighted by Crippen LogP contribution is 2.40. The summed E-state index contributed by atoms with van der Waals surface area (Å²) in [6, 6.07) is 8.04. The van der Waals surface area contributed by atoms with E-state index in [9.17, 15) is 20.0 Å². The third kappa shape index (κ3) is 2.94. The molecule has 24 heavy (non-hydrogen) atoms. The van der Waals surface area contributed by atoms with Gasteiger partial charge >= 0.3 is 11.9 Å². The summed E-state index contributed by atoms with van der Waals surface area (Å²) >= 11 is 0. The van der Waals surface area contributed by atoms with Crippen LogP contribution in [-0.4, -0.2) is 23.7 Å². The number of allylic oxidation sites excluding steroid dienone is 2. The number of aromatic carboxylic acids is 1. The van der Waals surface area contributed by atoms with Gasteiger partial charge in [-0.05, 0) is 25.5 Å². The smallest absolute Gasteiger partial charge is 0.338 e. The summed E-state index contributed by atoms with van der Waals surface area (Å²) in [6.07, 6.45) is 0. The quantitative estimate of drug-likeness (QED) is 0.811. The molecule has 1 aromatic rings. The van der Waals surface area contributed by atoms with E-state index < -0.39 is 17.9 Å². The van der Waals surface area contributed by atoms with Crippen molar-refractivity contribution in [2.24, 2.45) is 5.73 Å². The van der Waals surface area contributed by atoms with Gasteiger partial charge < -0.3 is 20.3 Å². The average Bonchev–Trinajstić information content (AvgIpc) is 2.54. The second kappa shape index (κ2) is 6.87. The summed E-state index contributed by atoms with van der Waals surface area (Å²) in [7, 11) is 0. The van der Waals surface area contributed by atoms with Gasteiger partial charge in [-0.3, -0.25) is 0 Å². The molecule has 1 atom stereocenters. The van der Waals surface area contributed by atoms with Crippen molar-refractivity contribution in [1.82, 2.24) is 0 Å². The van der Waals surface area contributed by atoms with Crippen LogP contribution in [0.1, 0.15) is 35.7 Å². The lowest BCUT2D eigenvalue weighted by molar-refractivity contribution is -0.139. The van der Waals surface area contributed by atoms with E-state index in [1.54, 1.807) is 19.1 Å². The Morgan fingerprint density at radius 1 is 1.42 bits per heavy atom. The summed E-state index contributed by atoms with van der Waals surface area (Å²) in [5.74, 6) is -2.80. The first-order valence-corrected chi connectivity index (χ1v) is 7.20. The van der Waals surface area contributed by atoms with E-state index in [2.05, 4.69) is 0 Å². The maximum absolute atomic E-state index is 12.4. The van der Waals surface area contributed by atoms with Crippen molar-refractivity contribution in [2.75, 3.05) is 6.61 Å². The van der Waals surface area contributed by atoms with E-state index in [0.717, 1.165) is 0 Å². The molecule has 0 saturated carbocycles. The van der Waals surface area contributed by atoms with Gasteiger partial charge in [-0.15, -0.1) is 0 Å². The molecule has 0 amide bonds. The maximum atomic E-state index is 12.4. The van der Waals surface area contributed by atoms with E-state index >= 15 is 0 Å². The van der Waals surface area contributed by atoms with Crippen molar-refractivity contribution in [3.63, 3.8) is 0 Å². The first-order chi connectivity index (χ1) is 11.4. The van der Waals surface area contributed by atoms with Gasteiger partial charge in [0.05, 0.1) is 23.7 Å². The molecule has 0 spiro atoms. The highest BCUT2D eigenvalue weighted by molar-refractivity contribution is 5.95. The lowest BCUT2D eigenvalue weighted by Crippen LogP contribution is -2.26. The SMILES string of the molecule is CCOC(=O)C1=C(C)OC(N)=C(C#N)C1c1ccccc1C(=O)O. The van der Waals surface area contributed by atoms with E-state index in [-0.39, 0.29) is 40.5 Å². The second-order valence-electron chi connectivity index (χ2n) is 5.01. The van der Waals surface area contributed by atoms with Crippen LogP contribution < -0.4 is 5.73 Å².